The minimum absolute atomic E-state index is 0.0365. The second kappa shape index (κ2) is 9.62. The largest absolute Gasteiger partial charge is 0.492 e. The maximum Gasteiger partial charge on any atom is 0.349 e. The molecule has 3 aromatic heterocycles. The average molecular weight is 504 g/mol. The van der Waals surface area contributed by atoms with Crippen LogP contribution in [0.25, 0.3) is 21.5 Å². The summed E-state index contributed by atoms with van der Waals surface area (Å²) >= 11 is 6.97. The molecule has 2 N–H and O–H groups in total. The van der Waals surface area contributed by atoms with Crippen molar-refractivity contribution in [3.63, 3.8) is 0 Å². The van der Waals surface area contributed by atoms with Gasteiger partial charge in [0.2, 0.25) is 5.95 Å². The van der Waals surface area contributed by atoms with Gasteiger partial charge in [0.25, 0.3) is 0 Å². The van der Waals surface area contributed by atoms with Crippen LogP contribution in [0.3, 0.4) is 0 Å². The Hall–Kier alpha value is -3.75. The average Bonchev–Trinajstić information content (AvgIpc) is 3.35. The molecule has 12 heteroatoms. The molecule has 0 fully saturated rings. The first-order chi connectivity index (χ1) is 16.3. The van der Waals surface area contributed by atoms with Crippen LogP contribution in [0.1, 0.15) is 22.2 Å². The minimum Gasteiger partial charge on any atom is -0.492 e. The molecule has 0 atom stereocenters. The van der Waals surface area contributed by atoms with Crippen LogP contribution in [-0.4, -0.2) is 38.8 Å². The van der Waals surface area contributed by atoms with E-state index in [1.54, 1.807) is 19.1 Å². The van der Waals surface area contributed by atoms with Crippen molar-refractivity contribution in [3.05, 3.63) is 57.8 Å². The van der Waals surface area contributed by atoms with Crippen LogP contribution in [-0.2, 0) is 6.54 Å². The molecule has 0 aliphatic heterocycles. The number of benzene rings is 1. The number of thiophene rings is 1. The van der Waals surface area contributed by atoms with Gasteiger partial charge in [-0.1, -0.05) is 11.6 Å². The van der Waals surface area contributed by atoms with Crippen LogP contribution in [0.5, 0.6) is 5.75 Å². The van der Waals surface area contributed by atoms with E-state index in [-0.39, 0.29) is 45.2 Å². The monoisotopic (exact) mass is 503 g/mol. The first-order valence-electron chi connectivity index (χ1n) is 9.97. The second-order valence-electron chi connectivity index (χ2n) is 6.94. The lowest BCUT2D eigenvalue weighted by Crippen LogP contribution is -2.13. The fourth-order valence-electron chi connectivity index (χ4n) is 3.47. The SMILES string of the molecule is CCOc1cc(-c2cc(NCCn3c(F)c(F)c4c(C#N)c(Cl)ccc43)ncn2)sc1C(=O)O. The van der Waals surface area contributed by atoms with Gasteiger partial charge in [0.15, 0.2) is 10.7 Å². The summed E-state index contributed by atoms with van der Waals surface area (Å²) < 4.78 is 35.6. The topological polar surface area (TPSA) is 113 Å². The quantitative estimate of drug-likeness (QED) is 0.341. The van der Waals surface area contributed by atoms with Crippen molar-refractivity contribution >= 4 is 45.6 Å². The molecular formula is C22H16ClF2N5O3S. The molecule has 0 aliphatic rings. The summed E-state index contributed by atoms with van der Waals surface area (Å²) in [7, 11) is 0. The fourth-order valence-corrected chi connectivity index (χ4v) is 4.57. The Bertz CT molecular complexity index is 1450. The first kappa shape index (κ1) is 23.4. The predicted octanol–water partition coefficient (Wildman–Crippen LogP) is 5.17. The van der Waals surface area contributed by atoms with Crippen LogP contribution >= 0.6 is 22.9 Å². The Kier molecular flexibility index (Phi) is 6.63. The zero-order valence-electron chi connectivity index (χ0n) is 17.6. The van der Waals surface area contributed by atoms with Gasteiger partial charge in [0, 0.05) is 25.2 Å². The van der Waals surface area contributed by atoms with E-state index >= 15 is 0 Å². The van der Waals surface area contributed by atoms with Crippen molar-refractivity contribution in [1.29, 1.82) is 5.26 Å². The highest BCUT2D eigenvalue weighted by atomic mass is 35.5. The lowest BCUT2D eigenvalue weighted by molar-refractivity contribution is 0.0698. The van der Waals surface area contributed by atoms with Crippen LogP contribution in [0.4, 0.5) is 14.6 Å². The normalized spacial score (nSPS) is 10.9. The van der Waals surface area contributed by atoms with Gasteiger partial charge in [-0.2, -0.15) is 9.65 Å². The molecule has 0 unspecified atom stereocenters. The maximum absolute atomic E-state index is 14.6. The number of nitriles is 1. The number of carboxylic acids is 1. The number of ether oxygens (including phenoxy) is 1. The molecule has 0 aliphatic carbocycles. The highest BCUT2D eigenvalue weighted by Crippen LogP contribution is 2.36. The number of hydrogen-bond acceptors (Lipinski definition) is 7. The summed E-state index contributed by atoms with van der Waals surface area (Å²) in [5.41, 5.74) is 0.572. The third-order valence-corrected chi connectivity index (χ3v) is 6.37. The lowest BCUT2D eigenvalue weighted by atomic mass is 10.1. The van der Waals surface area contributed by atoms with Gasteiger partial charge in [0.1, 0.15) is 24.0 Å². The van der Waals surface area contributed by atoms with Crippen LogP contribution in [0.15, 0.2) is 30.6 Å². The van der Waals surface area contributed by atoms with Crippen molar-refractivity contribution in [2.75, 3.05) is 18.5 Å². The number of carbonyl (C=O) groups is 1. The molecule has 0 bridgehead atoms. The van der Waals surface area contributed by atoms with Gasteiger partial charge < -0.3 is 19.7 Å². The van der Waals surface area contributed by atoms with E-state index in [4.69, 9.17) is 16.3 Å². The van der Waals surface area contributed by atoms with Crippen LogP contribution < -0.4 is 10.1 Å². The van der Waals surface area contributed by atoms with E-state index in [2.05, 4.69) is 15.3 Å². The van der Waals surface area contributed by atoms with E-state index in [1.165, 1.54) is 18.5 Å². The fraction of sp³-hybridized carbons (Fsp3) is 0.182. The predicted molar refractivity (Wildman–Crippen MR) is 124 cm³/mol. The second-order valence-corrected chi connectivity index (χ2v) is 8.40. The number of halogens is 3. The Morgan fingerprint density at radius 1 is 1.35 bits per heavy atom. The highest BCUT2D eigenvalue weighted by molar-refractivity contribution is 7.17. The van der Waals surface area contributed by atoms with Gasteiger partial charge in [-0.25, -0.2) is 19.2 Å². The Labute approximate surface area is 201 Å². The molecule has 0 radical (unpaired) electrons. The molecule has 0 saturated heterocycles. The number of aromatic carboxylic acids is 1. The number of fused-ring (bicyclic) bond motifs is 1. The molecular weight excluding hydrogens is 488 g/mol. The number of nitrogens with one attached hydrogen (secondary N) is 1. The molecule has 0 spiro atoms. The molecule has 4 rings (SSSR count). The number of rotatable bonds is 8. The molecule has 34 heavy (non-hydrogen) atoms. The van der Waals surface area contributed by atoms with Gasteiger partial charge >= 0.3 is 5.97 Å². The zero-order chi connectivity index (χ0) is 24.4. The third kappa shape index (κ3) is 4.25. The van der Waals surface area contributed by atoms with E-state index < -0.39 is 17.7 Å². The molecule has 8 nitrogen and oxygen atoms in total. The summed E-state index contributed by atoms with van der Waals surface area (Å²) in [6, 6.07) is 7.91. The number of nitrogens with zero attached hydrogens (tertiary/aromatic N) is 4. The van der Waals surface area contributed by atoms with E-state index in [1.807, 2.05) is 6.07 Å². The number of hydrogen-bond donors (Lipinski definition) is 2. The molecule has 3 heterocycles. The van der Waals surface area contributed by atoms with Gasteiger partial charge in [0.05, 0.1) is 38.7 Å². The van der Waals surface area contributed by atoms with Gasteiger partial charge in [-0.15, -0.1) is 11.3 Å². The van der Waals surface area contributed by atoms with Crippen molar-refractivity contribution in [3.8, 4) is 22.4 Å². The minimum atomic E-state index is -1.13. The Morgan fingerprint density at radius 3 is 2.85 bits per heavy atom. The molecule has 0 saturated carbocycles. The maximum atomic E-state index is 14.6. The highest BCUT2D eigenvalue weighted by Gasteiger charge is 2.22. The zero-order valence-corrected chi connectivity index (χ0v) is 19.2. The summed E-state index contributed by atoms with van der Waals surface area (Å²) in [5, 5.41) is 21.6. The number of anilines is 1. The molecule has 1 aromatic carbocycles. The van der Waals surface area contributed by atoms with Crippen molar-refractivity contribution in [2.24, 2.45) is 0 Å². The third-order valence-electron chi connectivity index (χ3n) is 4.93. The Morgan fingerprint density at radius 2 is 2.15 bits per heavy atom. The number of aromatic nitrogens is 3. The van der Waals surface area contributed by atoms with E-state index in [9.17, 15) is 23.9 Å². The first-order valence-corrected chi connectivity index (χ1v) is 11.2. The molecule has 0 amide bonds. The summed E-state index contributed by atoms with van der Waals surface area (Å²) in [6.07, 6.45) is 1.31. The van der Waals surface area contributed by atoms with Crippen molar-refractivity contribution < 1.29 is 23.4 Å². The number of carboxylic acid groups (broad SMARTS) is 1. The molecule has 174 valence electrons. The van der Waals surface area contributed by atoms with Crippen molar-refractivity contribution in [1.82, 2.24) is 14.5 Å². The van der Waals surface area contributed by atoms with Gasteiger partial charge in [-0.05, 0) is 19.1 Å². The summed E-state index contributed by atoms with van der Waals surface area (Å²) in [6.45, 7) is 2.29. The van der Waals surface area contributed by atoms with E-state index in [0.29, 0.717) is 23.0 Å². The lowest BCUT2D eigenvalue weighted by Gasteiger charge is -2.09. The summed E-state index contributed by atoms with van der Waals surface area (Å²) in [4.78, 5) is 20.4. The van der Waals surface area contributed by atoms with Crippen LogP contribution in [0, 0.1) is 23.1 Å². The summed E-state index contributed by atoms with van der Waals surface area (Å²) in [5.74, 6) is -2.65. The van der Waals surface area contributed by atoms with Crippen LogP contribution in [0.2, 0.25) is 5.02 Å². The van der Waals surface area contributed by atoms with E-state index in [0.717, 1.165) is 15.9 Å². The smallest absolute Gasteiger partial charge is 0.349 e. The standard InChI is InChI=1S/C22H16ClF2N5O3S/c1-2-33-15-8-16(34-20(15)22(31)32)13-7-17(29-10-28-13)27-5-6-30-14-4-3-12(23)11(9-26)18(14)19(24)21(30)25/h3-4,7-8,10H,2,5-6H2,1H3,(H,31,32)(H,27,28,29). The van der Waals surface area contributed by atoms with Gasteiger partial charge in [-0.3, -0.25) is 0 Å². The Balaban J connectivity index is 1.55. The molecule has 4 aromatic rings. The van der Waals surface area contributed by atoms with Crippen molar-refractivity contribution in [2.45, 2.75) is 13.5 Å².